The molecule has 146 valence electrons. The van der Waals surface area contributed by atoms with Crippen LogP contribution in [-0.4, -0.2) is 0 Å². The van der Waals surface area contributed by atoms with E-state index in [4.69, 9.17) is 4.74 Å². The van der Waals surface area contributed by atoms with Gasteiger partial charge in [-0.25, -0.2) is 0 Å². The Morgan fingerprint density at radius 2 is 1.77 bits per heavy atom. The van der Waals surface area contributed by atoms with Gasteiger partial charge in [0.05, 0.1) is 11.6 Å². The second kappa shape index (κ2) is 8.98. The highest BCUT2D eigenvalue weighted by Crippen LogP contribution is 2.29. The lowest BCUT2D eigenvalue weighted by Crippen LogP contribution is -1.97. The molecule has 0 aliphatic heterocycles. The Labute approximate surface area is 185 Å². The van der Waals surface area contributed by atoms with Gasteiger partial charge in [0.2, 0.25) is 0 Å². The van der Waals surface area contributed by atoms with Crippen LogP contribution in [0.3, 0.4) is 0 Å². The zero-order chi connectivity index (χ0) is 20.9. The normalized spacial score (nSPS) is 11.3. The summed E-state index contributed by atoms with van der Waals surface area (Å²) >= 11 is 3.53. The van der Waals surface area contributed by atoms with E-state index in [2.05, 4.69) is 65.3 Å². The maximum atomic E-state index is 9.84. The first kappa shape index (κ1) is 19.9. The van der Waals surface area contributed by atoms with Crippen molar-refractivity contribution in [2.75, 3.05) is 0 Å². The first-order valence-electron chi connectivity index (χ1n) is 9.71. The third kappa shape index (κ3) is 4.62. The highest BCUT2D eigenvalue weighted by molar-refractivity contribution is 9.10. The van der Waals surface area contributed by atoms with E-state index in [1.54, 1.807) is 0 Å². The van der Waals surface area contributed by atoms with Crippen LogP contribution < -0.4 is 4.74 Å². The number of hydrogen-bond donors (Lipinski definition) is 0. The van der Waals surface area contributed by atoms with E-state index in [-0.39, 0.29) is 0 Å². The molecular formula is C27H20BrNO. The van der Waals surface area contributed by atoms with Crippen LogP contribution >= 0.6 is 15.9 Å². The van der Waals surface area contributed by atoms with Crippen LogP contribution in [0.15, 0.2) is 89.4 Å². The minimum atomic E-state index is 0.474. The summed E-state index contributed by atoms with van der Waals surface area (Å²) in [5.41, 5.74) is 4.67. The number of rotatable bonds is 5. The molecule has 0 heterocycles. The average molecular weight is 454 g/mol. The molecule has 3 heteroatoms. The van der Waals surface area contributed by atoms with Crippen molar-refractivity contribution < 1.29 is 4.74 Å². The molecule has 0 amide bonds. The lowest BCUT2D eigenvalue weighted by molar-refractivity contribution is 0.305. The molecule has 30 heavy (non-hydrogen) atoms. The Bertz CT molecular complexity index is 1280. The van der Waals surface area contributed by atoms with Gasteiger partial charge >= 0.3 is 0 Å². The number of nitrogens with zero attached hydrogens (tertiary/aromatic N) is 1. The standard InChI is InChI=1S/C27H20BrNO/c1-19-5-4-6-20(13-19)18-30-27-12-11-26(28)16-24(27)15-25(17-29)23-10-9-21-7-2-3-8-22(21)14-23/h2-16H,18H2,1H3. The monoisotopic (exact) mass is 453 g/mol. The van der Waals surface area contributed by atoms with Crippen LogP contribution in [-0.2, 0) is 6.61 Å². The molecule has 0 fully saturated rings. The van der Waals surface area contributed by atoms with Crippen molar-refractivity contribution in [2.45, 2.75) is 13.5 Å². The van der Waals surface area contributed by atoms with Crippen molar-refractivity contribution in [1.29, 1.82) is 5.26 Å². The fraction of sp³-hybridized carbons (Fsp3) is 0.0741. The van der Waals surface area contributed by atoms with E-state index in [1.807, 2.05) is 54.6 Å². The molecule has 0 atom stereocenters. The van der Waals surface area contributed by atoms with E-state index in [0.29, 0.717) is 12.2 Å². The SMILES string of the molecule is Cc1cccc(COc2ccc(Br)cc2C=C(C#N)c2ccc3ccccc3c2)c1. The molecule has 4 rings (SSSR count). The third-order valence-corrected chi connectivity index (χ3v) is 5.42. The molecule has 0 aromatic heterocycles. The van der Waals surface area contributed by atoms with Gasteiger partial charge in [0.1, 0.15) is 12.4 Å². The number of hydrogen-bond acceptors (Lipinski definition) is 2. The van der Waals surface area contributed by atoms with Crippen molar-refractivity contribution in [1.82, 2.24) is 0 Å². The summed E-state index contributed by atoms with van der Waals surface area (Å²) in [6.07, 6.45) is 1.89. The molecule has 4 aromatic carbocycles. The number of fused-ring (bicyclic) bond motifs is 1. The predicted molar refractivity (Wildman–Crippen MR) is 127 cm³/mol. The summed E-state index contributed by atoms with van der Waals surface area (Å²) in [5.74, 6) is 0.744. The first-order chi connectivity index (χ1) is 14.6. The molecule has 0 aliphatic rings. The highest BCUT2D eigenvalue weighted by Gasteiger charge is 2.08. The van der Waals surface area contributed by atoms with Crippen LogP contribution in [0.1, 0.15) is 22.3 Å². The number of benzene rings is 4. The second-order valence-electron chi connectivity index (χ2n) is 7.19. The van der Waals surface area contributed by atoms with E-state index < -0.39 is 0 Å². The Hall–Kier alpha value is -3.35. The molecule has 0 saturated heterocycles. The van der Waals surface area contributed by atoms with Crippen molar-refractivity contribution in [3.63, 3.8) is 0 Å². The molecule has 0 bridgehead atoms. The van der Waals surface area contributed by atoms with Gasteiger partial charge in [-0.3, -0.25) is 0 Å². The van der Waals surface area contributed by atoms with Crippen molar-refractivity contribution in [2.24, 2.45) is 0 Å². The van der Waals surface area contributed by atoms with Gasteiger partial charge < -0.3 is 4.74 Å². The quantitative estimate of drug-likeness (QED) is 0.230. The summed E-state index contributed by atoms with van der Waals surface area (Å²) in [5, 5.41) is 12.1. The third-order valence-electron chi connectivity index (χ3n) is 4.93. The molecule has 0 aliphatic carbocycles. The van der Waals surface area contributed by atoms with Gasteiger partial charge in [-0.1, -0.05) is 82.2 Å². The first-order valence-corrected chi connectivity index (χ1v) is 10.5. The van der Waals surface area contributed by atoms with Gasteiger partial charge in [-0.2, -0.15) is 5.26 Å². The zero-order valence-corrected chi connectivity index (χ0v) is 18.2. The van der Waals surface area contributed by atoms with E-state index in [1.165, 1.54) is 5.56 Å². The number of aryl methyl sites for hydroxylation is 1. The largest absolute Gasteiger partial charge is 0.488 e. The molecule has 2 nitrogen and oxygen atoms in total. The number of ether oxygens (including phenoxy) is 1. The van der Waals surface area contributed by atoms with Gasteiger partial charge in [0, 0.05) is 10.0 Å². The maximum Gasteiger partial charge on any atom is 0.127 e. The Balaban J connectivity index is 1.68. The average Bonchev–Trinajstić information content (AvgIpc) is 2.76. The van der Waals surface area contributed by atoms with Gasteiger partial charge in [0.15, 0.2) is 0 Å². The highest BCUT2D eigenvalue weighted by atomic mass is 79.9. The van der Waals surface area contributed by atoms with Crippen molar-refractivity contribution in [3.8, 4) is 11.8 Å². The van der Waals surface area contributed by atoms with E-state index in [9.17, 15) is 5.26 Å². The Morgan fingerprint density at radius 3 is 2.57 bits per heavy atom. The van der Waals surface area contributed by atoms with E-state index >= 15 is 0 Å². The summed E-state index contributed by atoms with van der Waals surface area (Å²) < 4.78 is 7.05. The topological polar surface area (TPSA) is 33.0 Å². The lowest BCUT2D eigenvalue weighted by Gasteiger charge is -2.11. The van der Waals surface area contributed by atoms with Crippen molar-refractivity contribution in [3.05, 3.63) is 112 Å². The summed E-state index contributed by atoms with van der Waals surface area (Å²) in [4.78, 5) is 0. The zero-order valence-electron chi connectivity index (χ0n) is 16.6. The lowest BCUT2D eigenvalue weighted by atomic mass is 10.00. The fourth-order valence-corrected chi connectivity index (χ4v) is 3.80. The Kier molecular flexibility index (Phi) is 5.97. The fourth-order valence-electron chi connectivity index (χ4n) is 3.42. The van der Waals surface area contributed by atoms with E-state index in [0.717, 1.165) is 37.7 Å². The van der Waals surface area contributed by atoms with Gasteiger partial charge in [0.25, 0.3) is 0 Å². The molecule has 0 N–H and O–H groups in total. The van der Waals surface area contributed by atoms with Crippen molar-refractivity contribution >= 4 is 38.4 Å². The molecular weight excluding hydrogens is 434 g/mol. The van der Waals surface area contributed by atoms with Crippen LogP contribution in [0, 0.1) is 18.3 Å². The summed E-state index contributed by atoms with van der Waals surface area (Å²) in [7, 11) is 0. The van der Waals surface area contributed by atoms with Crippen LogP contribution in [0.2, 0.25) is 0 Å². The molecule has 0 unspecified atom stereocenters. The molecule has 4 aromatic rings. The van der Waals surface area contributed by atoms with Crippen LogP contribution in [0.25, 0.3) is 22.4 Å². The number of halogens is 1. The predicted octanol–water partition coefficient (Wildman–Crippen LogP) is 7.55. The summed E-state index contributed by atoms with van der Waals surface area (Å²) in [6, 6.07) is 30.7. The van der Waals surface area contributed by atoms with Gasteiger partial charge in [-0.05, 0) is 59.2 Å². The van der Waals surface area contributed by atoms with Gasteiger partial charge in [-0.15, -0.1) is 0 Å². The Morgan fingerprint density at radius 1 is 0.933 bits per heavy atom. The minimum absolute atomic E-state index is 0.474. The molecule has 0 spiro atoms. The summed E-state index contributed by atoms with van der Waals surface area (Å²) in [6.45, 7) is 2.54. The number of nitriles is 1. The molecule has 0 saturated carbocycles. The number of allylic oxidation sites excluding steroid dienone is 1. The smallest absolute Gasteiger partial charge is 0.127 e. The minimum Gasteiger partial charge on any atom is -0.488 e. The molecule has 0 radical (unpaired) electrons. The van der Waals surface area contributed by atoms with Crippen LogP contribution in [0.4, 0.5) is 0 Å². The maximum absolute atomic E-state index is 9.84. The second-order valence-corrected chi connectivity index (χ2v) is 8.11. The van der Waals surface area contributed by atoms with Crippen LogP contribution in [0.5, 0.6) is 5.75 Å².